The Bertz CT molecular complexity index is 1760. The van der Waals surface area contributed by atoms with Crippen LogP contribution in [0.15, 0.2) is 109 Å². The highest BCUT2D eigenvalue weighted by Gasteiger charge is 2.28. The largest absolute Gasteiger partial charge is 0.472 e. The molecule has 80 heavy (non-hydrogen) atoms. The van der Waals surface area contributed by atoms with Crippen LogP contribution in [0.4, 0.5) is 0 Å². The molecule has 0 aliphatic rings. The van der Waals surface area contributed by atoms with Crippen molar-refractivity contribution < 1.29 is 52.2 Å². The molecule has 11 nitrogen and oxygen atoms in total. The van der Waals surface area contributed by atoms with Gasteiger partial charge >= 0.3 is 25.7 Å². The maximum atomic E-state index is 13.0. The molecular weight excluding hydrogens is 1020 g/mol. The summed E-state index contributed by atoms with van der Waals surface area (Å²) in [6.07, 6.45) is 74.6. The van der Waals surface area contributed by atoms with Gasteiger partial charge in [0.1, 0.15) is 12.7 Å². The van der Waals surface area contributed by atoms with Gasteiger partial charge in [-0.25, -0.2) is 4.57 Å². The molecule has 0 spiro atoms. The number of ether oxygens (including phenoxy) is 3. The van der Waals surface area contributed by atoms with Gasteiger partial charge in [-0.1, -0.05) is 233 Å². The Morgan fingerprint density at radius 1 is 0.362 bits per heavy atom. The number of carbonyl (C=O) groups is 3. The molecule has 0 radical (unpaired) electrons. The third-order valence-corrected chi connectivity index (χ3v) is 14.1. The summed E-state index contributed by atoms with van der Waals surface area (Å²) in [6, 6.07) is 0. The van der Waals surface area contributed by atoms with Crippen LogP contribution in [0, 0.1) is 0 Å². The molecule has 0 aliphatic heterocycles. The molecule has 0 saturated heterocycles. The van der Waals surface area contributed by atoms with E-state index < -0.39 is 57.8 Å². The predicted octanol–water partition coefficient (Wildman–Crippen LogP) is 19.4. The highest BCUT2D eigenvalue weighted by Crippen LogP contribution is 2.43. The lowest BCUT2D eigenvalue weighted by atomic mass is 10.1. The van der Waals surface area contributed by atoms with E-state index in [-0.39, 0.29) is 25.9 Å². The van der Waals surface area contributed by atoms with Gasteiger partial charge in [0.15, 0.2) is 6.10 Å². The summed E-state index contributed by atoms with van der Waals surface area (Å²) in [4.78, 5) is 48.7. The molecule has 0 fully saturated rings. The number of unbranched alkanes of at least 4 members (excludes halogenated alkanes) is 23. The molecule has 3 atom stereocenters. The minimum atomic E-state index is -4.77. The smallest absolute Gasteiger partial charge is 0.462 e. The average Bonchev–Trinajstić information content (AvgIpc) is 3.45. The number of rotatable bonds is 58. The van der Waals surface area contributed by atoms with Crippen molar-refractivity contribution in [2.24, 2.45) is 0 Å². The molecule has 0 bridgehead atoms. The van der Waals surface area contributed by atoms with Gasteiger partial charge in [-0.3, -0.25) is 23.4 Å². The van der Waals surface area contributed by atoms with E-state index in [9.17, 15) is 28.9 Å². The maximum absolute atomic E-state index is 13.0. The second-order valence-electron chi connectivity index (χ2n) is 20.8. The fourth-order valence-electron chi connectivity index (χ4n) is 8.39. The summed E-state index contributed by atoms with van der Waals surface area (Å²) in [5, 5.41) is 9.85. The van der Waals surface area contributed by atoms with E-state index >= 15 is 0 Å². The molecule has 2 N–H and O–H groups in total. The number of hydrogen-bond acceptors (Lipinski definition) is 10. The number of phosphoric acid groups is 1. The molecular formula is C68H115O11P. The molecule has 0 saturated carbocycles. The zero-order valence-electron chi connectivity index (χ0n) is 50.8. The summed E-state index contributed by atoms with van der Waals surface area (Å²) in [5.74, 6) is -1.52. The second kappa shape index (κ2) is 61.2. The summed E-state index contributed by atoms with van der Waals surface area (Å²) < 4.78 is 39.6. The standard InChI is InChI=1S/C68H115O11P/c1-4-7-10-13-16-19-22-25-28-31-32-35-38-41-44-47-50-53-56-59-68(72)79-65(61-75-66(70)57-54-51-48-45-42-39-36-33-29-26-23-20-17-14-11-8-5-2)63-77-80(73,74)76-62-64(60-69)78-67(71)58-55-52-49-46-43-40-37-34-30-27-24-21-18-15-12-9-6-3/h7,9-10,12,16,18-19,21,25-30,32,35,41,44,64-65,69H,4-6,8,11,13-15,17,20,22-24,31,33-34,36-40,42-43,45-63H2,1-3H3,(H,73,74)/b10-7-,12-9-,19-16-,21-18-,28-25-,29-26-,30-27-,35-32-,44-41-. The first-order chi connectivity index (χ1) is 39.2. The van der Waals surface area contributed by atoms with Gasteiger partial charge in [-0.2, -0.15) is 0 Å². The van der Waals surface area contributed by atoms with Crippen LogP contribution in [0.1, 0.15) is 265 Å². The van der Waals surface area contributed by atoms with E-state index in [0.717, 1.165) is 128 Å². The predicted molar refractivity (Wildman–Crippen MR) is 334 cm³/mol. The van der Waals surface area contributed by atoms with Crippen molar-refractivity contribution in [2.75, 3.05) is 26.4 Å². The van der Waals surface area contributed by atoms with Gasteiger partial charge in [-0.05, 0) is 122 Å². The number of hydrogen-bond donors (Lipinski definition) is 2. The SMILES string of the molecule is CC/C=C\C/C=C\C/C=C\C/C=C\C/C=C\CCCCCC(=O)OC(COC(=O)CCCCCCCCC/C=C\CCCCCCCC)COP(=O)(O)OCC(CO)OC(=O)CCCCCCCCC/C=C\C/C=C\C/C=C\CC. The summed E-state index contributed by atoms with van der Waals surface area (Å²) in [7, 11) is -4.77. The minimum absolute atomic E-state index is 0.123. The van der Waals surface area contributed by atoms with Gasteiger partial charge in [-0.15, -0.1) is 0 Å². The summed E-state index contributed by atoms with van der Waals surface area (Å²) >= 11 is 0. The van der Waals surface area contributed by atoms with E-state index in [1.807, 2.05) is 0 Å². The van der Waals surface area contributed by atoms with Crippen LogP contribution in [0.2, 0.25) is 0 Å². The Kier molecular flexibility index (Phi) is 58.3. The Labute approximate surface area is 488 Å². The van der Waals surface area contributed by atoms with E-state index in [4.69, 9.17) is 23.3 Å². The van der Waals surface area contributed by atoms with Crippen LogP contribution >= 0.6 is 7.82 Å². The maximum Gasteiger partial charge on any atom is 0.472 e. The fourth-order valence-corrected chi connectivity index (χ4v) is 9.18. The van der Waals surface area contributed by atoms with Crippen LogP contribution in [0.5, 0.6) is 0 Å². The third-order valence-electron chi connectivity index (χ3n) is 13.2. The zero-order valence-corrected chi connectivity index (χ0v) is 51.7. The monoisotopic (exact) mass is 1140 g/mol. The Morgan fingerprint density at radius 3 is 1.02 bits per heavy atom. The molecule has 0 aromatic rings. The number of aliphatic hydroxyl groups is 1. The van der Waals surface area contributed by atoms with Crippen LogP contribution in [0.3, 0.4) is 0 Å². The lowest BCUT2D eigenvalue weighted by Crippen LogP contribution is -2.30. The van der Waals surface area contributed by atoms with Crippen molar-refractivity contribution >= 4 is 25.7 Å². The highest BCUT2D eigenvalue weighted by atomic mass is 31.2. The molecule has 0 aromatic heterocycles. The molecule has 12 heteroatoms. The van der Waals surface area contributed by atoms with Gasteiger partial charge in [0.25, 0.3) is 0 Å². The number of carbonyl (C=O) groups excluding carboxylic acids is 3. The van der Waals surface area contributed by atoms with Crippen molar-refractivity contribution in [2.45, 2.75) is 277 Å². The van der Waals surface area contributed by atoms with Gasteiger partial charge in [0.05, 0.1) is 19.8 Å². The summed E-state index contributed by atoms with van der Waals surface area (Å²) in [5.41, 5.74) is 0. The van der Waals surface area contributed by atoms with Crippen molar-refractivity contribution in [1.29, 1.82) is 0 Å². The lowest BCUT2D eigenvalue weighted by molar-refractivity contribution is -0.161. The molecule has 0 rings (SSSR count). The quantitative estimate of drug-likeness (QED) is 0.0197. The lowest BCUT2D eigenvalue weighted by Gasteiger charge is -2.21. The number of allylic oxidation sites excluding steroid dienone is 18. The van der Waals surface area contributed by atoms with E-state index in [0.29, 0.717) is 19.3 Å². The van der Waals surface area contributed by atoms with Crippen molar-refractivity contribution in [3.63, 3.8) is 0 Å². The van der Waals surface area contributed by atoms with Crippen LogP contribution in [0.25, 0.3) is 0 Å². The molecule has 3 unspecified atom stereocenters. The van der Waals surface area contributed by atoms with Crippen LogP contribution in [-0.4, -0.2) is 66.5 Å². The second-order valence-corrected chi connectivity index (χ2v) is 22.3. The van der Waals surface area contributed by atoms with E-state index in [2.05, 4.69) is 130 Å². The fraction of sp³-hybridized carbons (Fsp3) is 0.691. The first-order valence-corrected chi connectivity index (χ1v) is 33.3. The van der Waals surface area contributed by atoms with Gasteiger partial charge in [0, 0.05) is 19.3 Å². The summed E-state index contributed by atoms with van der Waals surface area (Å²) in [6.45, 7) is 4.38. The Balaban J connectivity index is 4.78. The van der Waals surface area contributed by atoms with Crippen LogP contribution in [-0.2, 0) is 42.2 Å². The Hall–Kier alpha value is -3.86. The molecule has 0 heterocycles. The van der Waals surface area contributed by atoms with Gasteiger partial charge in [0.2, 0.25) is 0 Å². The normalized spacial score (nSPS) is 14.0. The minimum Gasteiger partial charge on any atom is -0.462 e. The van der Waals surface area contributed by atoms with Crippen molar-refractivity contribution in [3.05, 3.63) is 109 Å². The van der Waals surface area contributed by atoms with Gasteiger partial charge < -0.3 is 24.2 Å². The highest BCUT2D eigenvalue weighted by molar-refractivity contribution is 7.47. The number of esters is 3. The zero-order chi connectivity index (χ0) is 58.3. The molecule has 0 aliphatic carbocycles. The van der Waals surface area contributed by atoms with Crippen molar-refractivity contribution in [1.82, 2.24) is 0 Å². The average molecular weight is 1140 g/mol. The Morgan fingerprint density at radius 2 is 0.650 bits per heavy atom. The molecule has 458 valence electrons. The molecule has 0 aromatic carbocycles. The number of aliphatic hydroxyl groups excluding tert-OH is 1. The first kappa shape index (κ1) is 76.1. The molecule has 0 amide bonds. The van der Waals surface area contributed by atoms with E-state index in [1.165, 1.54) is 77.0 Å². The van der Waals surface area contributed by atoms with Crippen molar-refractivity contribution in [3.8, 4) is 0 Å². The van der Waals surface area contributed by atoms with Crippen LogP contribution < -0.4 is 0 Å². The third kappa shape index (κ3) is 58.8. The van der Waals surface area contributed by atoms with E-state index in [1.54, 1.807) is 0 Å². The number of phosphoric ester groups is 1. The first-order valence-electron chi connectivity index (χ1n) is 31.8. The topological polar surface area (TPSA) is 155 Å².